The Balaban J connectivity index is 1.82. The maximum Gasteiger partial charge on any atom is 0.338 e. The second-order valence-electron chi connectivity index (χ2n) is 6.45. The van der Waals surface area contributed by atoms with Crippen LogP contribution in [0.15, 0.2) is 23.4 Å². The van der Waals surface area contributed by atoms with Crippen LogP contribution in [0.2, 0.25) is 0 Å². The van der Waals surface area contributed by atoms with Gasteiger partial charge in [-0.05, 0) is 25.5 Å². The van der Waals surface area contributed by atoms with Crippen LogP contribution in [0.3, 0.4) is 0 Å². The molecule has 10 heteroatoms. The summed E-state index contributed by atoms with van der Waals surface area (Å²) in [7, 11) is 1.45. The van der Waals surface area contributed by atoms with Crippen molar-refractivity contribution < 1.29 is 38.1 Å². The van der Waals surface area contributed by atoms with Gasteiger partial charge in [-0.15, -0.1) is 0 Å². The lowest BCUT2D eigenvalue weighted by Gasteiger charge is -2.28. The summed E-state index contributed by atoms with van der Waals surface area (Å²) in [6.07, 6.45) is 0.471. The minimum absolute atomic E-state index is 0.177. The molecule has 0 radical (unpaired) electrons. The third-order valence-electron chi connectivity index (χ3n) is 4.56. The number of esters is 2. The zero-order chi connectivity index (χ0) is 21.7. The first-order valence-corrected chi connectivity index (χ1v) is 9.60. The summed E-state index contributed by atoms with van der Waals surface area (Å²) < 4.78 is 26.8. The number of benzene rings is 1. The molecule has 0 saturated carbocycles. The average Bonchev–Trinajstić information content (AvgIpc) is 2.76. The number of hydrogen-bond donors (Lipinski definition) is 2. The van der Waals surface area contributed by atoms with E-state index in [1.807, 2.05) is 6.92 Å². The second kappa shape index (κ2) is 9.38. The molecule has 0 fully saturated rings. The summed E-state index contributed by atoms with van der Waals surface area (Å²) in [5, 5.41) is 5.19. The Labute approximate surface area is 173 Å². The van der Waals surface area contributed by atoms with E-state index in [9.17, 15) is 14.4 Å². The normalized spacial score (nSPS) is 17.6. The molecule has 30 heavy (non-hydrogen) atoms. The topological polar surface area (TPSA) is 121 Å². The molecule has 0 bridgehead atoms. The molecule has 0 spiro atoms. The number of fused-ring (bicyclic) bond motifs is 1. The SMILES string of the molecule is CCOC(=O)C1=C(COC(=O)c2cc(OC)c3c(c2)OCCO3)NC(=O)N[C@H]1CC. The highest BCUT2D eigenvalue weighted by molar-refractivity contribution is 5.95. The van der Waals surface area contributed by atoms with Crippen LogP contribution in [0.5, 0.6) is 17.2 Å². The van der Waals surface area contributed by atoms with E-state index in [0.717, 1.165) is 0 Å². The number of hydrogen-bond acceptors (Lipinski definition) is 8. The molecule has 0 saturated heterocycles. The number of rotatable bonds is 7. The number of carbonyl (C=O) groups is 3. The summed E-state index contributed by atoms with van der Waals surface area (Å²) in [6, 6.07) is 1.95. The molecule has 1 aromatic carbocycles. The van der Waals surface area contributed by atoms with E-state index in [-0.39, 0.29) is 30.0 Å². The van der Waals surface area contributed by atoms with Crippen molar-refractivity contribution in [2.75, 3.05) is 33.5 Å². The maximum absolute atomic E-state index is 12.6. The van der Waals surface area contributed by atoms with Crippen molar-refractivity contribution in [3.63, 3.8) is 0 Å². The molecule has 2 N–H and O–H groups in total. The third-order valence-corrected chi connectivity index (χ3v) is 4.56. The van der Waals surface area contributed by atoms with E-state index >= 15 is 0 Å². The molecule has 10 nitrogen and oxygen atoms in total. The number of amides is 2. The number of methoxy groups -OCH3 is 1. The largest absolute Gasteiger partial charge is 0.493 e. The van der Waals surface area contributed by atoms with Gasteiger partial charge in [0.2, 0.25) is 5.75 Å². The van der Waals surface area contributed by atoms with Crippen LogP contribution in [0, 0.1) is 0 Å². The highest BCUT2D eigenvalue weighted by Gasteiger charge is 2.32. The Morgan fingerprint density at radius 1 is 1.13 bits per heavy atom. The minimum Gasteiger partial charge on any atom is -0.493 e. The van der Waals surface area contributed by atoms with Crippen LogP contribution >= 0.6 is 0 Å². The van der Waals surface area contributed by atoms with E-state index < -0.39 is 24.0 Å². The quantitative estimate of drug-likeness (QED) is 0.637. The number of ether oxygens (including phenoxy) is 5. The molecule has 1 aromatic rings. The van der Waals surface area contributed by atoms with Gasteiger partial charge in [0, 0.05) is 0 Å². The van der Waals surface area contributed by atoms with Crippen molar-refractivity contribution in [3.05, 3.63) is 29.0 Å². The first kappa shape index (κ1) is 21.3. The van der Waals surface area contributed by atoms with Gasteiger partial charge in [-0.1, -0.05) is 6.92 Å². The number of carbonyl (C=O) groups excluding carboxylic acids is 3. The molecule has 162 valence electrons. The highest BCUT2D eigenvalue weighted by Crippen LogP contribution is 2.40. The van der Waals surface area contributed by atoms with Gasteiger partial charge in [0.1, 0.15) is 19.8 Å². The molecule has 0 aliphatic carbocycles. The first-order valence-electron chi connectivity index (χ1n) is 9.60. The van der Waals surface area contributed by atoms with Crippen LogP contribution in [-0.4, -0.2) is 57.5 Å². The van der Waals surface area contributed by atoms with Gasteiger partial charge in [0.05, 0.1) is 36.6 Å². The molecule has 3 rings (SSSR count). The molecular weight excluding hydrogens is 396 g/mol. The fraction of sp³-hybridized carbons (Fsp3) is 0.450. The maximum atomic E-state index is 12.6. The van der Waals surface area contributed by atoms with Gasteiger partial charge in [0.15, 0.2) is 11.5 Å². The van der Waals surface area contributed by atoms with Gasteiger partial charge in [0.25, 0.3) is 0 Å². The van der Waals surface area contributed by atoms with E-state index in [1.54, 1.807) is 6.92 Å². The molecule has 0 aromatic heterocycles. The van der Waals surface area contributed by atoms with Crippen LogP contribution in [0.4, 0.5) is 4.79 Å². The molecular formula is C20H24N2O8. The van der Waals surface area contributed by atoms with Gasteiger partial charge in [-0.2, -0.15) is 0 Å². The molecule has 2 heterocycles. The third kappa shape index (κ3) is 4.42. The lowest BCUT2D eigenvalue weighted by Crippen LogP contribution is -2.51. The van der Waals surface area contributed by atoms with E-state index in [1.165, 1.54) is 19.2 Å². The number of urea groups is 1. The predicted molar refractivity (Wildman–Crippen MR) is 104 cm³/mol. The summed E-state index contributed by atoms with van der Waals surface area (Å²) in [4.78, 5) is 37.0. The zero-order valence-electron chi connectivity index (χ0n) is 17.0. The van der Waals surface area contributed by atoms with Crippen LogP contribution in [-0.2, 0) is 14.3 Å². The van der Waals surface area contributed by atoms with Crippen LogP contribution < -0.4 is 24.8 Å². The molecule has 2 amide bonds. The molecule has 0 unspecified atom stereocenters. The van der Waals surface area contributed by atoms with Crippen molar-refractivity contribution in [3.8, 4) is 17.2 Å². The Hall–Kier alpha value is -3.43. The summed E-state index contributed by atoms with van der Waals surface area (Å²) in [5.41, 5.74) is 0.593. The average molecular weight is 420 g/mol. The summed E-state index contributed by atoms with van der Waals surface area (Å²) in [6.45, 7) is 4.10. The fourth-order valence-corrected chi connectivity index (χ4v) is 3.19. The monoisotopic (exact) mass is 420 g/mol. The fourth-order valence-electron chi connectivity index (χ4n) is 3.19. The van der Waals surface area contributed by atoms with Gasteiger partial charge >= 0.3 is 18.0 Å². The Kier molecular flexibility index (Phi) is 6.65. The van der Waals surface area contributed by atoms with Crippen LogP contribution in [0.1, 0.15) is 30.6 Å². The predicted octanol–water partition coefficient (Wildman–Crippen LogP) is 1.53. The van der Waals surface area contributed by atoms with E-state index in [0.29, 0.717) is 36.9 Å². The van der Waals surface area contributed by atoms with E-state index in [2.05, 4.69) is 10.6 Å². The lowest BCUT2D eigenvalue weighted by atomic mass is 10.0. The van der Waals surface area contributed by atoms with Crippen LogP contribution in [0.25, 0.3) is 0 Å². The summed E-state index contributed by atoms with van der Waals surface area (Å²) >= 11 is 0. The van der Waals surface area contributed by atoms with Crippen molar-refractivity contribution >= 4 is 18.0 Å². The lowest BCUT2D eigenvalue weighted by molar-refractivity contribution is -0.139. The Morgan fingerprint density at radius 2 is 1.90 bits per heavy atom. The van der Waals surface area contributed by atoms with Crippen molar-refractivity contribution in [1.82, 2.24) is 10.6 Å². The van der Waals surface area contributed by atoms with Crippen molar-refractivity contribution in [2.45, 2.75) is 26.3 Å². The molecule has 1 atom stereocenters. The number of nitrogens with one attached hydrogen (secondary N) is 2. The van der Waals surface area contributed by atoms with Gasteiger partial charge in [-0.25, -0.2) is 14.4 Å². The zero-order valence-corrected chi connectivity index (χ0v) is 17.0. The molecule has 2 aliphatic heterocycles. The molecule has 2 aliphatic rings. The minimum atomic E-state index is -0.679. The van der Waals surface area contributed by atoms with Crippen molar-refractivity contribution in [1.29, 1.82) is 0 Å². The smallest absolute Gasteiger partial charge is 0.338 e. The Morgan fingerprint density at radius 3 is 2.60 bits per heavy atom. The second-order valence-corrected chi connectivity index (χ2v) is 6.45. The Bertz CT molecular complexity index is 863. The van der Waals surface area contributed by atoms with Crippen molar-refractivity contribution in [2.24, 2.45) is 0 Å². The standard InChI is InChI=1S/C20H24N2O8/c1-4-12-16(19(24)27-5-2)13(22-20(25)21-12)10-30-18(23)11-8-14(26-3)17-15(9-11)28-6-7-29-17/h8-9,12H,4-7,10H2,1-3H3,(H2,21,22,25)/t12-/m0/s1. The summed E-state index contributed by atoms with van der Waals surface area (Å²) in [5.74, 6) is -0.123. The first-order chi connectivity index (χ1) is 14.5. The van der Waals surface area contributed by atoms with Gasteiger partial charge < -0.3 is 34.3 Å². The van der Waals surface area contributed by atoms with Gasteiger partial charge in [-0.3, -0.25) is 0 Å². The van der Waals surface area contributed by atoms with E-state index in [4.69, 9.17) is 23.7 Å². The highest BCUT2D eigenvalue weighted by atomic mass is 16.6.